The first-order valence-corrected chi connectivity index (χ1v) is 9.52. The molecule has 0 aliphatic carbocycles. The highest BCUT2D eigenvalue weighted by Gasteiger charge is 2.14. The Balaban J connectivity index is 1.65. The molecule has 146 valence electrons. The normalized spacial score (nSPS) is 10.8. The van der Waals surface area contributed by atoms with Crippen molar-refractivity contribution < 1.29 is 19.1 Å². The molecule has 2 heterocycles. The van der Waals surface area contributed by atoms with Gasteiger partial charge in [0.1, 0.15) is 5.52 Å². The van der Waals surface area contributed by atoms with E-state index in [0.29, 0.717) is 29.6 Å². The molecule has 0 unspecified atom stereocenters. The second-order valence-corrected chi connectivity index (χ2v) is 6.73. The first-order chi connectivity index (χ1) is 13.6. The SMILES string of the molecule is COCCn1c(SCC(=O)Nc2ccc(C(=O)OC)cc2)nc2cccnc21. The molecule has 0 spiro atoms. The van der Waals surface area contributed by atoms with Crippen LogP contribution in [0.1, 0.15) is 10.4 Å². The van der Waals surface area contributed by atoms with Gasteiger partial charge in [0.2, 0.25) is 5.91 Å². The highest BCUT2D eigenvalue weighted by molar-refractivity contribution is 7.99. The maximum atomic E-state index is 12.3. The topological polar surface area (TPSA) is 95.3 Å². The Hall–Kier alpha value is -2.91. The van der Waals surface area contributed by atoms with Crippen LogP contribution in [0.25, 0.3) is 11.2 Å². The standard InChI is InChI=1S/C19H20N4O4S/c1-26-11-10-23-17-15(4-3-9-20-17)22-19(23)28-12-16(24)21-14-7-5-13(6-8-14)18(25)27-2/h3-9H,10-12H2,1-2H3,(H,21,24). The summed E-state index contributed by atoms with van der Waals surface area (Å²) in [6, 6.07) is 10.2. The fourth-order valence-electron chi connectivity index (χ4n) is 2.57. The van der Waals surface area contributed by atoms with Crippen LogP contribution in [0, 0.1) is 0 Å². The Kier molecular flexibility index (Phi) is 6.62. The molecule has 0 fully saturated rings. The Bertz CT molecular complexity index is 972. The highest BCUT2D eigenvalue weighted by atomic mass is 32.2. The number of esters is 1. The van der Waals surface area contributed by atoms with Crippen LogP contribution >= 0.6 is 11.8 Å². The van der Waals surface area contributed by atoms with Gasteiger partial charge in [-0.2, -0.15) is 0 Å². The van der Waals surface area contributed by atoms with Crippen molar-refractivity contribution in [3.05, 3.63) is 48.2 Å². The molecular weight excluding hydrogens is 380 g/mol. The van der Waals surface area contributed by atoms with Gasteiger partial charge in [-0.05, 0) is 36.4 Å². The van der Waals surface area contributed by atoms with E-state index >= 15 is 0 Å². The number of ether oxygens (including phenoxy) is 2. The zero-order valence-corrected chi connectivity index (χ0v) is 16.4. The molecule has 0 saturated carbocycles. The molecule has 0 aliphatic heterocycles. The number of benzene rings is 1. The zero-order valence-electron chi connectivity index (χ0n) is 15.5. The summed E-state index contributed by atoms with van der Waals surface area (Å²) in [5.41, 5.74) is 2.57. The summed E-state index contributed by atoms with van der Waals surface area (Å²) in [6.07, 6.45) is 1.71. The second-order valence-electron chi connectivity index (χ2n) is 5.79. The average molecular weight is 400 g/mol. The molecule has 0 atom stereocenters. The molecule has 1 aromatic carbocycles. The summed E-state index contributed by atoms with van der Waals surface area (Å²) in [5.74, 6) is -0.402. The molecule has 0 saturated heterocycles. The van der Waals surface area contributed by atoms with Crippen LogP contribution in [-0.4, -0.2) is 53.0 Å². The van der Waals surface area contributed by atoms with Gasteiger partial charge >= 0.3 is 5.97 Å². The van der Waals surface area contributed by atoms with Crippen molar-refractivity contribution >= 4 is 40.5 Å². The van der Waals surface area contributed by atoms with Gasteiger partial charge < -0.3 is 19.4 Å². The third-order valence-electron chi connectivity index (χ3n) is 3.91. The molecule has 2 aromatic heterocycles. The van der Waals surface area contributed by atoms with E-state index in [1.807, 2.05) is 16.7 Å². The van der Waals surface area contributed by atoms with Gasteiger partial charge in [-0.3, -0.25) is 4.79 Å². The molecule has 3 rings (SSSR count). The third-order valence-corrected chi connectivity index (χ3v) is 4.89. The number of nitrogens with one attached hydrogen (secondary N) is 1. The quantitative estimate of drug-likeness (QED) is 0.459. The summed E-state index contributed by atoms with van der Waals surface area (Å²) in [7, 11) is 2.96. The molecule has 9 heteroatoms. The van der Waals surface area contributed by atoms with Gasteiger partial charge in [-0.15, -0.1) is 0 Å². The van der Waals surface area contributed by atoms with Crippen LogP contribution in [-0.2, 0) is 20.8 Å². The van der Waals surface area contributed by atoms with Crippen molar-refractivity contribution in [2.45, 2.75) is 11.7 Å². The number of methoxy groups -OCH3 is 2. The van der Waals surface area contributed by atoms with Crippen molar-refractivity contribution in [1.29, 1.82) is 0 Å². The summed E-state index contributed by atoms with van der Waals surface area (Å²) >= 11 is 1.33. The Labute approximate surface area is 166 Å². The van der Waals surface area contributed by atoms with Crippen LogP contribution in [0.2, 0.25) is 0 Å². The molecule has 0 bridgehead atoms. The van der Waals surface area contributed by atoms with Crippen molar-refractivity contribution in [2.24, 2.45) is 0 Å². The number of imidazole rings is 1. The number of thioether (sulfide) groups is 1. The van der Waals surface area contributed by atoms with Crippen LogP contribution in [0.3, 0.4) is 0 Å². The molecule has 0 aliphatic rings. The average Bonchev–Trinajstić information content (AvgIpc) is 3.08. The lowest BCUT2D eigenvalue weighted by Gasteiger charge is -2.08. The lowest BCUT2D eigenvalue weighted by atomic mass is 10.2. The number of aromatic nitrogens is 3. The number of amides is 1. The second kappa shape index (κ2) is 9.34. The minimum absolute atomic E-state index is 0.172. The summed E-state index contributed by atoms with van der Waals surface area (Å²) < 4.78 is 11.8. The van der Waals surface area contributed by atoms with E-state index in [0.717, 1.165) is 11.2 Å². The van der Waals surface area contributed by atoms with E-state index in [-0.39, 0.29) is 11.7 Å². The molecule has 3 aromatic rings. The molecule has 1 N–H and O–H groups in total. The van der Waals surface area contributed by atoms with E-state index in [1.54, 1.807) is 37.6 Å². The number of rotatable bonds is 8. The molecule has 28 heavy (non-hydrogen) atoms. The van der Waals surface area contributed by atoms with Gasteiger partial charge in [0.15, 0.2) is 10.8 Å². The highest BCUT2D eigenvalue weighted by Crippen LogP contribution is 2.23. The lowest BCUT2D eigenvalue weighted by molar-refractivity contribution is -0.113. The van der Waals surface area contributed by atoms with Crippen LogP contribution in [0.15, 0.2) is 47.8 Å². The van der Waals surface area contributed by atoms with Gasteiger partial charge in [0.25, 0.3) is 0 Å². The first-order valence-electron chi connectivity index (χ1n) is 8.53. The number of nitrogens with zero attached hydrogens (tertiary/aromatic N) is 3. The van der Waals surface area contributed by atoms with E-state index in [1.165, 1.54) is 18.9 Å². The molecule has 8 nitrogen and oxygen atoms in total. The predicted octanol–water partition coefficient (Wildman–Crippen LogP) is 2.60. The summed E-state index contributed by atoms with van der Waals surface area (Å²) in [4.78, 5) is 32.7. The number of carbonyl (C=O) groups is 2. The fraction of sp³-hybridized carbons (Fsp3) is 0.263. The van der Waals surface area contributed by atoms with Crippen molar-refractivity contribution in [3.63, 3.8) is 0 Å². The Morgan fingerprint density at radius 1 is 1.18 bits per heavy atom. The maximum absolute atomic E-state index is 12.3. The maximum Gasteiger partial charge on any atom is 0.337 e. The Morgan fingerprint density at radius 3 is 2.68 bits per heavy atom. The van der Waals surface area contributed by atoms with Crippen LogP contribution < -0.4 is 5.32 Å². The van der Waals surface area contributed by atoms with E-state index in [9.17, 15) is 9.59 Å². The van der Waals surface area contributed by atoms with Crippen molar-refractivity contribution in [1.82, 2.24) is 14.5 Å². The van der Waals surface area contributed by atoms with Crippen LogP contribution in [0.5, 0.6) is 0 Å². The number of carbonyl (C=O) groups excluding carboxylic acids is 2. The van der Waals surface area contributed by atoms with Gasteiger partial charge in [0.05, 0.1) is 31.6 Å². The number of hydrogen-bond acceptors (Lipinski definition) is 7. The number of fused-ring (bicyclic) bond motifs is 1. The van der Waals surface area contributed by atoms with Gasteiger partial charge in [0, 0.05) is 19.0 Å². The van der Waals surface area contributed by atoms with E-state index in [2.05, 4.69) is 20.0 Å². The fourth-order valence-corrected chi connectivity index (χ4v) is 3.40. The molecule has 1 amide bonds. The number of pyridine rings is 1. The van der Waals surface area contributed by atoms with E-state index in [4.69, 9.17) is 4.74 Å². The number of anilines is 1. The smallest absolute Gasteiger partial charge is 0.337 e. The van der Waals surface area contributed by atoms with Gasteiger partial charge in [-0.1, -0.05) is 11.8 Å². The first kappa shape index (κ1) is 19.8. The predicted molar refractivity (Wildman–Crippen MR) is 107 cm³/mol. The third kappa shape index (κ3) is 4.68. The monoisotopic (exact) mass is 400 g/mol. The van der Waals surface area contributed by atoms with Gasteiger partial charge in [-0.25, -0.2) is 14.8 Å². The molecule has 0 radical (unpaired) electrons. The summed E-state index contributed by atoms with van der Waals surface area (Å²) in [6.45, 7) is 1.12. The summed E-state index contributed by atoms with van der Waals surface area (Å²) in [5, 5.41) is 3.51. The molecular formula is C19H20N4O4S. The van der Waals surface area contributed by atoms with E-state index < -0.39 is 5.97 Å². The Morgan fingerprint density at radius 2 is 1.96 bits per heavy atom. The largest absolute Gasteiger partial charge is 0.465 e. The lowest BCUT2D eigenvalue weighted by Crippen LogP contribution is -2.15. The van der Waals surface area contributed by atoms with Crippen LogP contribution in [0.4, 0.5) is 5.69 Å². The minimum atomic E-state index is -0.419. The zero-order chi connectivity index (χ0) is 19.9. The van der Waals surface area contributed by atoms with Crippen molar-refractivity contribution in [2.75, 3.05) is 31.9 Å². The van der Waals surface area contributed by atoms with Crippen molar-refractivity contribution in [3.8, 4) is 0 Å². The number of hydrogen-bond donors (Lipinski definition) is 1. The minimum Gasteiger partial charge on any atom is -0.465 e.